The fourth-order valence-corrected chi connectivity index (χ4v) is 2.06. The van der Waals surface area contributed by atoms with E-state index in [0.29, 0.717) is 5.88 Å². The molecular formula is C10H16N2O3S. The van der Waals surface area contributed by atoms with E-state index in [9.17, 15) is 4.79 Å². The summed E-state index contributed by atoms with van der Waals surface area (Å²) in [5.41, 5.74) is 0.722. The predicted molar refractivity (Wildman–Crippen MR) is 63.5 cm³/mol. The van der Waals surface area contributed by atoms with E-state index < -0.39 is 0 Å². The lowest BCUT2D eigenvalue weighted by Crippen LogP contribution is -2.24. The number of carbonyl (C=O) groups is 1. The average Bonchev–Trinajstić information content (AvgIpc) is 2.63. The van der Waals surface area contributed by atoms with Crippen molar-refractivity contribution in [2.24, 2.45) is 0 Å². The summed E-state index contributed by atoms with van der Waals surface area (Å²) in [5.74, 6) is 0.202. The Morgan fingerprint density at radius 1 is 1.69 bits per heavy atom. The van der Waals surface area contributed by atoms with Crippen LogP contribution in [0.2, 0.25) is 0 Å². The molecule has 16 heavy (non-hydrogen) atoms. The molecule has 1 rings (SSSR count). The highest BCUT2D eigenvalue weighted by Crippen LogP contribution is 2.19. The van der Waals surface area contributed by atoms with E-state index >= 15 is 0 Å². The summed E-state index contributed by atoms with van der Waals surface area (Å²) in [6.45, 7) is 5.50. The number of hydrogen-bond donors (Lipinski definition) is 2. The van der Waals surface area contributed by atoms with Crippen molar-refractivity contribution in [3.8, 4) is 0 Å². The summed E-state index contributed by atoms with van der Waals surface area (Å²) in [4.78, 5) is 11.7. The largest absolute Gasteiger partial charge is 0.395 e. The maximum Gasteiger partial charge on any atom is 0.239 e. The van der Waals surface area contributed by atoms with Gasteiger partial charge in [0, 0.05) is 11.3 Å². The third kappa shape index (κ3) is 3.86. The highest BCUT2D eigenvalue weighted by Gasteiger charge is 2.17. The van der Waals surface area contributed by atoms with Crippen LogP contribution in [0.5, 0.6) is 0 Å². The summed E-state index contributed by atoms with van der Waals surface area (Å²) < 4.78 is 4.88. The van der Waals surface area contributed by atoms with Crippen LogP contribution in [0.1, 0.15) is 19.5 Å². The summed E-state index contributed by atoms with van der Waals surface area (Å²) in [7, 11) is 0. The molecule has 0 aliphatic carbocycles. The van der Waals surface area contributed by atoms with Gasteiger partial charge in [-0.1, -0.05) is 12.1 Å². The van der Waals surface area contributed by atoms with E-state index in [0.717, 1.165) is 5.69 Å². The Hall–Kier alpha value is -1.01. The highest BCUT2D eigenvalue weighted by molar-refractivity contribution is 8.01. The predicted octanol–water partition coefficient (Wildman–Crippen LogP) is 1.42. The van der Waals surface area contributed by atoms with Crippen LogP contribution in [0, 0.1) is 6.92 Å². The minimum absolute atomic E-state index is 0.0391. The minimum atomic E-state index is -0.243. The molecule has 0 spiro atoms. The number of thioether (sulfide) groups is 1. The zero-order chi connectivity index (χ0) is 12.1. The van der Waals surface area contributed by atoms with Crippen molar-refractivity contribution >= 4 is 23.6 Å². The van der Waals surface area contributed by atoms with Gasteiger partial charge < -0.3 is 9.63 Å². The lowest BCUT2D eigenvalue weighted by atomic mass is 10.4. The molecule has 0 fully saturated rings. The molecule has 6 heteroatoms. The molecule has 0 bridgehead atoms. The Labute approximate surface area is 98.6 Å². The third-order valence-corrected chi connectivity index (χ3v) is 3.17. The maximum absolute atomic E-state index is 11.7. The molecule has 1 heterocycles. The summed E-state index contributed by atoms with van der Waals surface area (Å²) in [6.07, 6.45) is 0. The van der Waals surface area contributed by atoms with Crippen molar-refractivity contribution in [2.75, 3.05) is 11.9 Å². The van der Waals surface area contributed by atoms with Crippen LogP contribution in [0.15, 0.2) is 10.6 Å². The molecule has 1 aromatic heterocycles. The Morgan fingerprint density at radius 3 is 2.88 bits per heavy atom. The van der Waals surface area contributed by atoms with Gasteiger partial charge in [0.15, 0.2) is 0 Å². The number of nitrogens with zero attached hydrogens (tertiary/aromatic N) is 1. The Bertz CT molecular complexity index is 354. The van der Waals surface area contributed by atoms with Crippen LogP contribution in [0.25, 0.3) is 0 Å². The molecule has 1 amide bonds. The molecule has 2 atom stereocenters. The normalized spacial score (nSPS) is 14.5. The van der Waals surface area contributed by atoms with Crippen LogP contribution >= 0.6 is 11.8 Å². The van der Waals surface area contributed by atoms with Crippen molar-refractivity contribution in [1.82, 2.24) is 5.16 Å². The van der Waals surface area contributed by atoms with Gasteiger partial charge in [0.2, 0.25) is 11.8 Å². The third-order valence-electron chi connectivity index (χ3n) is 1.94. The zero-order valence-electron chi connectivity index (χ0n) is 9.56. The second-order valence-electron chi connectivity index (χ2n) is 3.59. The van der Waals surface area contributed by atoms with Crippen LogP contribution in [0.3, 0.4) is 0 Å². The van der Waals surface area contributed by atoms with Crippen LogP contribution < -0.4 is 5.32 Å². The van der Waals surface area contributed by atoms with Crippen LogP contribution in [-0.2, 0) is 4.79 Å². The first-order valence-corrected chi connectivity index (χ1v) is 5.97. The number of aliphatic hydroxyl groups excluding tert-OH is 1. The van der Waals surface area contributed by atoms with Gasteiger partial charge in [-0.15, -0.1) is 11.8 Å². The van der Waals surface area contributed by atoms with Gasteiger partial charge in [-0.05, 0) is 13.8 Å². The molecule has 1 aromatic rings. The first-order chi connectivity index (χ1) is 7.52. The standard InChI is InChI=1S/C10H16N2O3S/c1-6-4-9(15-12-6)11-10(14)8(3)16-7(2)5-13/h4,7-8,13H,5H2,1-3H3,(H,11,14). The summed E-state index contributed by atoms with van der Waals surface area (Å²) in [5, 5.41) is 15.0. The number of carbonyl (C=O) groups excluding carboxylic acids is 1. The lowest BCUT2D eigenvalue weighted by molar-refractivity contribution is -0.115. The van der Waals surface area contributed by atoms with Crippen LogP contribution in [0.4, 0.5) is 5.88 Å². The van der Waals surface area contributed by atoms with Gasteiger partial charge >= 0.3 is 0 Å². The smallest absolute Gasteiger partial charge is 0.239 e. The van der Waals surface area contributed by atoms with E-state index in [-0.39, 0.29) is 23.0 Å². The molecule has 90 valence electrons. The summed E-state index contributed by atoms with van der Waals surface area (Å²) >= 11 is 1.41. The number of nitrogens with one attached hydrogen (secondary N) is 1. The fraction of sp³-hybridized carbons (Fsp3) is 0.600. The monoisotopic (exact) mass is 244 g/mol. The topological polar surface area (TPSA) is 75.4 Å². The number of anilines is 1. The Morgan fingerprint density at radius 2 is 2.38 bits per heavy atom. The summed E-state index contributed by atoms with van der Waals surface area (Å²) in [6, 6.07) is 1.66. The van der Waals surface area contributed by atoms with Crippen molar-refractivity contribution < 1.29 is 14.4 Å². The molecule has 0 saturated carbocycles. The second kappa shape index (κ2) is 5.91. The van der Waals surface area contributed by atoms with Gasteiger partial charge in [-0.3, -0.25) is 10.1 Å². The molecule has 0 aromatic carbocycles. The van der Waals surface area contributed by atoms with Gasteiger partial charge in [-0.2, -0.15) is 0 Å². The molecule has 0 saturated heterocycles. The van der Waals surface area contributed by atoms with Gasteiger partial charge in [0.1, 0.15) is 0 Å². The van der Waals surface area contributed by atoms with E-state index in [1.54, 1.807) is 19.9 Å². The number of rotatable bonds is 5. The number of amides is 1. The second-order valence-corrected chi connectivity index (χ2v) is 5.38. The Balaban J connectivity index is 2.45. The molecule has 0 radical (unpaired) electrons. The number of aliphatic hydroxyl groups is 1. The number of aryl methyl sites for hydroxylation is 1. The molecule has 5 nitrogen and oxygen atoms in total. The molecule has 0 aliphatic heterocycles. The zero-order valence-corrected chi connectivity index (χ0v) is 10.4. The molecule has 2 unspecified atom stereocenters. The van der Waals surface area contributed by atoms with E-state index in [1.165, 1.54) is 11.8 Å². The van der Waals surface area contributed by atoms with E-state index in [1.807, 2.05) is 6.92 Å². The average molecular weight is 244 g/mol. The highest BCUT2D eigenvalue weighted by atomic mass is 32.2. The minimum Gasteiger partial charge on any atom is -0.395 e. The number of hydrogen-bond acceptors (Lipinski definition) is 5. The van der Waals surface area contributed by atoms with Crippen LogP contribution in [-0.4, -0.2) is 33.3 Å². The van der Waals surface area contributed by atoms with E-state index in [4.69, 9.17) is 9.63 Å². The van der Waals surface area contributed by atoms with Gasteiger partial charge in [-0.25, -0.2) is 0 Å². The van der Waals surface area contributed by atoms with Gasteiger partial charge in [0.05, 0.1) is 17.6 Å². The molecule has 2 N–H and O–H groups in total. The van der Waals surface area contributed by atoms with Crippen molar-refractivity contribution in [3.05, 3.63) is 11.8 Å². The SMILES string of the molecule is Cc1cc(NC(=O)C(C)SC(C)CO)on1. The number of aromatic nitrogens is 1. The quantitative estimate of drug-likeness (QED) is 0.819. The first-order valence-electron chi connectivity index (χ1n) is 5.03. The van der Waals surface area contributed by atoms with E-state index in [2.05, 4.69) is 10.5 Å². The maximum atomic E-state index is 11.7. The van der Waals surface area contributed by atoms with Crippen molar-refractivity contribution in [2.45, 2.75) is 31.3 Å². The Kier molecular flexibility index (Phi) is 4.82. The van der Waals surface area contributed by atoms with Crippen molar-refractivity contribution in [1.29, 1.82) is 0 Å². The van der Waals surface area contributed by atoms with Gasteiger partial charge in [0.25, 0.3) is 0 Å². The van der Waals surface area contributed by atoms with Crippen molar-refractivity contribution in [3.63, 3.8) is 0 Å². The fourth-order valence-electron chi connectivity index (χ4n) is 1.10. The molecule has 0 aliphatic rings. The molecular weight excluding hydrogens is 228 g/mol. The first kappa shape index (κ1) is 13.1. The lowest BCUT2D eigenvalue weighted by Gasteiger charge is -2.13.